The molecular weight excluding hydrogens is 232 g/mol. The van der Waals surface area contributed by atoms with Crippen LogP contribution in [0.5, 0.6) is 5.75 Å². The van der Waals surface area contributed by atoms with E-state index in [9.17, 15) is 4.79 Å². The number of aldehydes is 1. The van der Waals surface area contributed by atoms with Gasteiger partial charge in [-0.2, -0.15) is 0 Å². The zero-order chi connectivity index (χ0) is 12.8. The molecule has 2 aromatic heterocycles. The van der Waals surface area contributed by atoms with Crippen molar-refractivity contribution in [3.63, 3.8) is 0 Å². The second kappa shape index (κ2) is 5.88. The van der Waals surface area contributed by atoms with Gasteiger partial charge in [-0.05, 0) is 18.2 Å². The Morgan fingerprint density at radius 2 is 2.22 bits per heavy atom. The van der Waals surface area contributed by atoms with Crippen molar-refractivity contribution in [2.45, 2.75) is 0 Å². The summed E-state index contributed by atoms with van der Waals surface area (Å²) in [5.74, 6) is 0.405. The van der Waals surface area contributed by atoms with Crippen LogP contribution in [-0.4, -0.2) is 30.2 Å². The van der Waals surface area contributed by atoms with Gasteiger partial charge >= 0.3 is 0 Å². The molecule has 18 heavy (non-hydrogen) atoms. The minimum absolute atomic E-state index is 0.0554. The van der Waals surface area contributed by atoms with Gasteiger partial charge < -0.3 is 9.47 Å². The molecule has 0 bridgehead atoms. The van der Waals surface area contributed by atoms with Crippen LogP contribution < -0.4 is 4.74 Å². The molecule has 0 aromatic carbocycles. The van der Waals surface area contributed by atoms with E-state index in [1.54, 1.807) is 30.7 Å². The molecule has 0 spiro atoms. The lowest BCUT2D eigenvalue weighted by Gasteiger charge is -2.11. The van der Waals surface area contributed by atoms with E-state index in [2.05, 4.69) is 9.97 Å². The monoisotopic (exact) mass is 244 g/mol. The van der Waals surface area contributed by atoms with Crippen LogP contribution >= 0.6 is 0 Å². The molecule has 92 valence electrons. The fraction of sp³-hybridized carbons (Fsp3) is 0.154. The zero-order valence-corrected chi connectivity index (χ0v) is 9.87. The number of nitrogens with zero attached hydrogens (tertiary/aromatic N) is 2. The number of hydrogen-bond acceptors (Lipinski definition) is 5. The first kappa shape index (κ1) is 12.2. The Kier molecular flexibility index (Phi) is 3.98. The summed E-state index contributed by atoms with van der Waals surface area (Å²) in [6.45, 7) is 0.0554. The van der Waals surface area contributed by atoms with Gasteiger partial charge in [0.15, 0.2) is 18.8 Å². The molecule has 0 atom stereocenters. The van der Waals surface area contributed by atoms with E-state index >= 15 is 0 Å². The largest absolute Gasteiger partial charge is 0.465 e. The average molecular weight is 244 g/mol. The highest BCUT2D eigenvalue weighted by atomic mass is 16.7. The van der Waals surface area contributed by atoms with Gasteiger partial charge in [0.1, 0.15) is 5.69 Å². The summed E-state index contributed by atoms with van der Waals surface area (Å²) < 4.78 is 10.3. The standard InChI is InChI=1S/C13H12N2O3/c1-17-9-18-13-11(8-16)4-6-15-12(13)10-3-2-5-14-7-10/h2-8H,9H2,1H3. The number of hydrogen-bond donors (Lipinski definition) is 0. The van der Waals surface area contributed by atoms with Crippen LogP contribution in [0.1, 0.15) is 10.4 Å². The highest BCUT2D eigenvalue weighted by Crippen LogP contribution is 2.29. The minimum Gasteiger partial charge on any atom is -0.465 e. The third-order valence-corrected chi connectivity index (χ3v) is 2.32. The molecule has 0 N–H and O–H groups in total. The Morgan fingerprint density at radius 1 is 1.33 bits per heavy atom. The van der Waals surface area contributed by atoms with E-state index in [4.69, 9.17) is 9.47 Å². The van der Waals surface area contributed by atoms with Crippen LogP contribution in [0.15, 0.2) is 36.8 Å². The molecule has 0 fully saturated rings. The SMILES string of the molecule is COCOc1c(C=O)ccnc1-c1cccnc1. The topological polar surface area (TPSA) is 61.3 Å². The molecule has 5 nitrogen and oxygen atoms in total. The van der Waals surface area contributed by atoms with Crippen molar-refractivity contribution in [3.8, 4) is 17.0 Å². The van der Waals surface area contributed by atoms with Gasteiger partial charge in [0.05, 0.1) is 5.56 Å². The molecule has 0 aliphatic rings. The third kappa shape index (κ3) is 2.52. The third-order valence-electron chi connectivity index (χ3n) is 2.32. The van der Waals surface area contributed by atoms with Crippen LogP contribution in [0, 0.1) is 0 Å². The Balaban J connectivity index is 2.49. The maximum atomic E-state index is 11.0. The van der Waals surface area contributed by atoms with Crippen molar-refractivity contribution in [1.82, 2.24) is 9.97 Å². The van der Waals surface area contributed by atoms with Crippen molar-refractivity contribution < 1.29 is 14.3 Å². The summed E-state index contributed by atoms with van der Waals surface area (Å²) in [7, 11) is 1.51. The molecule has 2 rings (SSSR count). The van der Waals surface area contributed by atoms with Gasteiger partial charge in [0.25, 0.3) is 0 Å². The molecule has 0 aliphatic carbocycles. The molecular formula is C13H12N2O3. The lowest BCUT2D eigenvalue weighted by Crippen LogP contribution is -2.04. The quantitative estimate of drug-likeness (QED) is 0.594. The first-order valence-corrected chi connectivity index (χ1v) is 5.33. The Bertz CT molecular complexity index is 529. The van der Waals surface area contributed by atoms with E-state index in [1.807, 2.05) is 6.07 Å². The Labute approximate surface area is 104 Å². The van der Waals surface area contributed by atoms with Crippen molar-refractivity contribution in [1.29, 1.82) is 0 Å². The van der Waals surface area contributed by atoms with Gasteiger partial charge in [-0.15, -0.1) is 0 Å². The first-order valence-electron chi connectivity index (χ1n) is 5.33. The van der Waals surface area contributed by atoms with Crippen LogP contribution in [0.2, 0.25) is 0 Å². The van der Waals surface area contributed by atoms with E-state index in [-0.39, 0.29) is 6.79 Å². The maximum absolute atomic E-state index is 11.0. The van der Waals surface area contributed by atoms with Crippen molar-refractivity contribution in [3.05, 3.63) is 42.4 Å². The number of ether oxygens (including phenoxy) is 2. The highest BCUT2D eigenvalue weighted by molar-refractivity contribution is 5.84. The molecule has 0 aliphatic heterocycles. The number of methoxy groups -OCH3 is 1. The summed E-state index contributed by atoms with van der Waals surface area (Å²) in [6, 6.07) is 5.24. The number of carbonyl (C=O) groups excluding carboxylic acids is 1. The van der Waals surface area contributed by atoms with Gasteiger partial charge in [0.2, 0.25) is 0 Å². The van der Waals surface area contributed by atoms with Gasteiger partial charge in [0, 0.05) is 31.3 Å². The fourth-order valence-electron chi connectivity index (χ4n) is 1.53. The van der Waals surface area contributed by atoms with Crippen LogP contribution in [-0.2, 0) is 4.74 Å². The first-order chi connectivity index (χ1) is 8.86. The number of pyridine rings is 2. The highest BCUT2D eigenvalue weighted by Gasteiger charge is 2.12. The van der Waals surface area contributed by atoms with Crippen molar-refractivity contribution in [2.24, 2.45) is 0 Å². The van der Waals surface area contributed by atoms with Gasteiger partial charge in [-0.3, -0.25) is 14.8 Å². The molecule has 2 heterocycles. The molecule has 0 saturated carbocycles. The van der Waals surface area contributed by atoms with E-state index in [1.165, 1.54) is 7.11 Å². The molecule has 2 aromatic rings. The molecule has 0 saturated heterocycles. The van der Waals surface area contributed by atoms with Crippen molar-refractivity contribution >= 4 is 6.29 Å². The Hall–Kier alpha value is -2.27. The molecule has 5 heteroatoms. The summed E-state index contributed by atoms with van der Waals surface area (Å²) in [5.41, 5.74) is 1.79. The summed E-state index contributed by atoms with van der Waals surface area (Å²) in [6.07, 6.45) is 5.62. The normalized spacial score (nSPS) is 10.1. The number of rotatable bonds is 5. The summed E-state index contributed by atoms with van der Waals surface area (Å²) in [4.78, 5) is 19.3. The van der Waals surface area contributed by atoms with Crippen molar-refractivity contribution in [2.75, 3.05) is 13.9 Å². The molecule has 0 unspecified atom stereocenters. The van der Waals surface area contributed by atoms with E-state index in [0.29, 0.717) is 17.0 Å². The zero-order valence-electron chi connectivity index (χ0n) is 9.87. The second-order valence-electron chi connectivity index (χ2n) is 3.49. The van der Waals surface area contributed by atoms with Crippen LogP contribution in [0.4, 0.5) is 0 Å². The Morgan fingerprint density at radius 3 is 2.89 bits per heavy atom. The minimum atomic E-state index is 0.0554. The van der Waals surface area contributed by atoms with Gasteiger partial charge in [-0.25, -0.2) is 0 Å². The lowest BCUT2D eigenvalue weighted by atomic mass is 10.1. The predicted octanol–water partition coefficient (Wildman–Crippen LogP) is 1.94. The van der Waals surface area contributed by atoms with Crippen LogP contribution in [0.25, 0.3) is 11.3 Å². The number of aromatic nitrogens is 2. The molecule has 0 amide bonds. The molecule has 0 radical (unpaired) electrons. The predicted molar refractivity (Wildman–Crippen MR) is 65.4 cm³/mol. The second-order valence-corrected chi connectivity index (χ2v) is 3.49. The van der Waals surface area contributed by atoms with E-state index in [0.717, 1.165) is 11.8 Å². The summed E-state index contributed by atoms with van der Waals surface area (Å²) >= 11 is 0. The lowest BCUT2D eigenvalue weighted by molar-refractivity contribution is 0.0507. The maximum Gasteiger partial charge on any atom is 0.188 e. The van der Waals surface area contributed by atoms with Gasteiger partial charge in [-0.1, -0.05) is 0 Å². The van der Waals surface area contributed by atoms with E-state index < -0.39 is 0 Å². The number of carbonyl (C=O) groups is 1. The van der Waals surface area contributed by atoms with Crippen LogP contribution in [0.3, 0.4) is 0 Å². The summed E-state index contributed by atoms with van der Waals surface area (Å²) in [5, 5.41) is 0. The average Bonchev–Trinajstić information content (AvgIpc) is 2.45. The smallest absolute Gasteiger partial charge is 0.188 e. The fourth-order valence-corrected chi connectivity index (χ4v) is 1.53.